The van der Waals surface area contributed by atoms with Crippen LogP contribution in [-0.2, 0) is 4.79 Å². The molecule has 6 nitrogen and oxygen atoms in total. The maximum absolute atomic E-state index is 13.8. The molecule has 2 rings (SSSR count). The zero-order valence-electron chi connectivity index (χ0n) is 9.92. The molecule has 0 spiro atoms. The highest BCUT2D eigenvalue weighted by Crippen LogP contribution is 2.18. The number of aromatic carboxylic acids is 1. The summed E-state index contributed by atoms with van der Waals surface area (Å²) in [5.74, 6) is -2.11. The first kappa shape index (κ1) is 12.7. The highest BCUT2D eigenvalue weighted by atomic mass is 19.1. The molecule has 0 unspecified atom stereocenters. The van der Waals surface area contributed by atoms with Gasteiger partial charge in [0.2, 0.25) is 5.91 Å². The highest BCUT2D eigenvalue weighted by molar-refractivity contribution is 5.88. The molecule has 0 saturated carbocycles. The third-order valence-electron chi connectivity index (χ3n) is 2.32. The molecule has 0 atom stereocenters. The van der Waals surface area contributed by atoms with E-state index in [4.69, 9.17) is 5.11 Å². The Morgan fingerprint density at radius 3 is 2.63 bits per heavy atom. The van der Waals surface area contributed by atoms with Crippen molar-refractivity contribution in [3.05, 3.63) is 42.0 Å². The molecule has 0 saturated heterocycles. The van der Waals surface area contributed by atoms with Crippen molar-refractivity contribution in [1.29, 1.82) is 0 Å². The van der Waals surface area contributed by atoms with Gasteiger partial charge in [-0.05, 0) is 24.3 Å². The summed E-state index contributed by atoms with van der Waals surface area (Å²) in [7, 11) is 0. The van der Waals surface area contributed by atoms with E-state index in [1.807, 2.05) is 0 Å². The molecule has 2 N–H and O–H groups in total. The number of carbonyl (C=O) groups is 2. The summed E-state index contributed by atoms with van der Waals surface area (Å²) in [6, 6.07) is 5.31. The minimum atomic E-state index is -1.19. The van der Waals surface area contributed by atoms with Crippen LogP contribution in [0.25, 0.3) is 5.69 Å². The maximum atomic E-state index is 13.8. The molecule has 0 bridgehead atoms. The monoisotopic (exact) mass is 263 g/mol. The summed E-state index contributed by atoms with van der Waals surface area (Å²) in [5, 5.41) is 14.9. The fraction of sp³-hybridized carbons (Fsp3) is 0.0833. The lowest BCUT2D eigenvalue weighted by molar-refractivity contribution is -0.114. The normalized spacial score (nSPS) is 10.2. The first-order valence-electron chi connectivity index (χ1n) is 5.34. The molecule has 1 aromatic heterocycles. The average Bonchev–Trinajstić information content (AvgIpc) is 2.77. The van der Waals surface area contributed by atoms with Crippen LogP contribution in [0.3, 0.4) is 0 Å². The average molecular weight is 263 g/mol. The van der Waals surface area contributed by atoms with E-state index in [0.29, 0.717) is 5.69 Å². The zero-order valence-corrected chi connectivity index (χ0v) is 9.92. The Bertz CT molecular complexity index is 651. The standard InChI is InChI=1S/C12H10FN3O3/c1-7(17)14-8-2-3-11(9(13)6-8)16-5-4-10(15-16)12(18)19/h2-6H,1H3,(H,14,17)(H,18,19). The molecular weight excluding hydrogens is 253 g/mol. The summed E-state index contributed by atoms with van der Waals surface area (Å²) in [6.45, 7) is 1.32. The summed E-state index contributed by atoms with van der Waals surface area (Å²) in [5.41, 5.74) is 0.242. The van der Waals surface area contributed by atoms with Crippen LogP contribution in [0, 0.1) is 5.82 Å². The number of carbonyl (C=O) groups excluding carboxylic acids is 1. The molecule has 1 heterocycles. The number of carboxylic acids is 1. The van der Waals surface area contributed by atoms with Crippen LogP contribution in [0.2, 0.25) is 0 Å². The first-order valence-corrected chi connectivity index (χ1v) is 5.34. The predicted molar refractivity (Wildman–Crippen MR) is 64.8 cm³/mol. The van der Waals surface area contributed by atoms with Gasteiger partial charge >= 0.3 is 5.97 Å². The molecule has 0 radical (unpaired) electrons. The molecule has 0 aliphatic carbocycles. The Morgan fingerprint density at radius 2 is 2.11 bits per heavy atom. The molecule has 2 aromatic rings. The van der Waals surface area contributed by atoms with Gasteiger partial charge in [-0.1, -0.05) is 0 Å². The third-order valence-corrected chi connectivity index (χ3v) is 2.32. The summed E-state index contributed by atoms with van der Waals surface area (Å²) < 4.78 is 15.0. The smallest absolute Gasteiger partial charge is 0.356 e. The minimum Gasteiger partial charge on any atom is -0.476 e. The lowest BCUT2D eigenvalue weighted by Gasteiger charge is -2.06. The topological polar surface area (TPSA) is 84.2 Å². The van der Waals surface area contributed by atoms with Crippen molar-refractivity contribution in [2.75, 3.05) is 5.32 Å². The van der Waals surface area contributed by atoms with Gasteiger partial charge < -0.3 is 10.4 Å². The first-order chi connectivity index (χ1) is 8.97. The van der Waals surface area contributed by atoms with E-state index >= 15 is 0 Å². The Balaban J connectivity index is 2.34. The van der Waals surface area contributed by atoms with Crippen molar-refractivity contribution in [2.45, 2.75) is 6.92 Å². The van der Waals surface area contributed by atoms with Gasteiger partial charge in [0, 0.05) is 18.8 Å². The molecule has 0 aliphatic heterocycles. The minimum absolute atomic E-state index is 0.0987. The van der Waals surface area contributed by atoms with Crippen molar-refractivity contribution < 1.29 is 19.1 Å². The number of carboxylic acid groups (broad SMARTS) is 1. The number of halogens is 1. The van der Waals surface area contributed by atoms with Gasteiger partial charge in [0.1, 0.15) is 5.69 Å². The number of hydrogen-bond acceptors (Lipinski definition) is 3. The van der Waals surface area contributed by atoms with Gasteiger partial charge in [0.15, 0.2) is 11.5 Å². The Labute approximate surface area is 107 Å². The Hall–Kier alpha value is -2.70. The van der Waals surface area contributed by atoms with Crippen LogP contribution < -0.4 is 5.32 Å². The molecule has 19 heavy (non-hydrogen) atoms. The van der Waals surface area contributed by atoms with E-state index < -0.39 is 11.8 Å². The second-order valence-corrected chi connectivity index (χ2v) is 3.80. The van der Waals surface area contributed by atoms with Crippen LogP contribution in [0.1, 0.15) is 17.4 Å². The number of anilines is 1. The van der Waals surface area contributed by atoms with Gasteiger partial charge in [-0.2, -0.15) is 5.10 Å². The summed E-state index contributed by atoms with van der Waals surface area (Å²) in [6.07, 6.45) is 1.35. The summed E-state index contributed by atoms with van der Waals surface area (Å²) in [4.78, 5) is 21.5. The molecule has 0 aliphatic rings. The Kier molecular flexibility index (Phi) is 3.28. The second kappa shape index (κ2) is 4.89. The molecule has 98 valence electrons. The van der Waals surface area contributed by atoms with E-state index in [0.717, 1.165) is 10.7 Å². The number of nitrogens with zero attached hydrogens (tertiary/aromatic N) is 2. The van der Waals surface area contributed by atoms with E-state index in [-0.39, 0.29) is 17.3 Å². The molecule has 1 aromatic carbocycles. The number of rotatable bonds is 3. The fourth-order valence-corrected chi connectivity index (χ4v) is 1.55. The quantitative estimate of drug-likeness (QED) is 0.882. The van der Waals surface area contributed by atoms with Gasteiger partial charge in [0.25, 0.3) is 0 Å². The van der Waals surface area contributed by atoms with Crippen LogP contribution in [0.4, 0.5) is 10.1 Å². The van der Waals surface area contributed by atoms with Gasteiger partial charge in [0.05, 0.1) is 0 Å². The number of nitrogens with one attached hydrogen (secondary N) is 1. The van der Waals surface area contributed by atoms with E-state index in [1.165, 1.54) is 31.3 Å². The van der Waals surface area contributed by atoms with Crippen molar-refractivity contribution in [1.82, 2.24) is 9.78 Å². The number of hydrogen-bond donors (Lipinski definition) is 2. The Morgan fingerprint density at radius 1 is 1.37 bits per heavy atom. The van der Waals surface area contributed by atoms with Gasteiger partial charge in [-0.3, -0.25) is 4.79 Å². The van der Waals surface area contributed by atoms with Crippen LogP contribution in [0.15, 0.2) is 30.5 Å². The molecule has 0 fully saturated rings. The highest BCUT2D eigenvalue weighted by Gasteiger charge is 2.11. The van der Waals surface area contributed by atoms with Gasteiger partial charge in [-0.25, -0.2) is 13.9 Å². The zero-order chi connectivity index (χ0) is 14.0. The van der Waals surface area contributed by atoms with Crippen molar-refractivity contribution >= 4 is 17.6 Å². The van der Waals surface area contributed by atoms with E-state index in [2.05, 4.69) is 10.4 Å². The SMILES string of the molecule is CC(=O)Nc1ccc(-n2ccc(C(=O)O)n2)c(F)c1. The summed E-state index contributed by atoms with van der Waals surface area (Å²) >= 11 is 0. The van der Waals surface area contributed by atoms with E-state index in [9.17, 15) is 14.0 Å². The molecule has 7 heteroatoms. The predicted octanol–water partition coefficient (Wildman–Crippen LogP) is 1.67. The number of benzene rings is 1. The van der Waals surface area contributed by atoms with Crippen LogP contribution >= 0.6 is 0 Å². The maximum Gasteiger partial charge on any atom is 0.356 e. The molecule has 1 amide bonds. The fourth-order valence-electron chi connectivity index (χ4n) is 1.55. The lowest BCUT2D eigenvalue weighted by Crippen LogP contribution is -2.07. The number of aromatic nitrogens is 2. The molecular formula is C12H10FN3O3. The largest absolute Gasteiger partial charge is 0.476 e. The van der Waals surface area contributed by atoms with Crippen molar-refractivity contribution in [3.63, 3.8) is 0 Å². The van der Waals surface area contributed by atoms with E-state index in [1.54, 1.807) is 0 Å². The van der Waals surface area contributed by atoms with Crippen LogP contribution in [0.5, 0.6) is 0 Å². The van der Waals surface area contributed by atoms with Crippen molar-refractivity contribution in [3.8, 4) is 5.69 Å². The van der Waals surface area contributed by atoms with Crippen LogP contribution in [-0.4, -0.2) is 26.8 Å². The number of amides is 1. The third kappa shape index (κ3) is 2.76. The second-order valence-electron chi connectivity index (χ2n) is 3.80. The lowest BCUT2D eigenvalue weighted by atomic mass is 10.2. The van der Waals surface area contributed by atoms with Crippen molar-refractivity contribution in [2.24, 2.45) is 0 Å². The van der Waals surface area contributed by atoms with Gasteiger partial charge in [-0.15, -0.1) is 0 Å².